The summed E-state index contributed by atoms with van der Waals surface area (Å²) in [6.07, 6.45) is 1.10. The van der Waals surface area contributed by atoms with E-state index < -0.39 is 15.7 Å². The molecule has 0 saturated carbocycles. The van der Waals surface area contributed by atoms with Crippen LogP contribution in [0.25, 0.3) is 11.5 Å². The van der Waals surface area contributed by atoms with Crippen molar-refractivity contribution in [1.29, 1.82) is 0 Å². The van der Waals surface area contributed by atoms with E-state index in [0.29, 0.717) is 5.56 Å². The summed E-state index contributed by atoms with van der Waals surface area (Å²) in [6, 6.07) is 13.2. The van der Waals surface area contributed by atoms with Crippen LogP contribution in [0.5, 0.6) is 0 Å². The Balaban J connectivity index is 1.88. The van der Waals surface area contributed by atoms with E-state index in [1.165, 1.54) is 6.07 Å². The van der Waals surface area contributed by atoms with E-state index >= 15 is 0 Å². The molecule has 7 nitrogen and oxygen atoms in total. The highest BCUT2D eigenvalue weighted by Crippen LogP contribution is 2.27. The summed E-state index contributed by atoms with van der Waals surface area (Å²) in [5.74, 6) is -0.379. The minimum Gasteiger partial charge on any atom is -0.403 e. The van der Waals surface area contributed by atoms with E-state index in [2.05, 4.69) is 15.5 Å². The Bertz CT molecular complexity index is 1040. The van der Waals surface area contributed by atoms with Crippen molar-refractivity contribution in [3.8, 4) is 11.5 Å². The average Bonchev–Trinajstić information content (AvgIpc) is 3.02. The molecule has 0 unspecified atom stereocenters. The van der Waals surface area contributed by atoms with Crippen molar-refractivity contribution in [3.63, 3.8) is 0 Å². The molecule has 3 aromatic rings. The zero-order chi connectivity index (χ0) is 18.0. The third-order valence-electron chi connectivity index (χ3n) is 3.44. The maximum atomic E-state index is 12.2. The Morgan fingerprint density at radius 1 is 1.08 bits per heavy atom. The smallest absolute Gasteiger partial charge is 0.322 e. The molecule has 128 valence electrons. The highest BCUT2D eigenvalue weighted by molar-refractivity contribution is 7.90. The maximum Gasteiger partial charge on any atom is 0.322 e. The Hall–Kier alpha value is -3.00. The number of rotatable bonds is 4. The van der Waals surface area contributed by atoms with Crippen LogP contribution in [0.4, 0.5) is 6.01 Å². The molecule has 0 atom stereocenters. The van der Waals surface area contributed by atoms with Gasteiger partial charge in [-0.25, -0.2) is 8.42 Å². The number of aryl methyl sites for hydroxylation is 1. The summed E-state index contributed by atoms with van der Waals surface area (Å²) in [6.45, 7) is 1.88. The number of amides is 1. The second-order valence-electron chi connectivity index (χ2n) is 5.50. The third-order valence-corrected chi connectivity index (χ3v) is 4.60. The van der Waals surface area contributed by atoms with Crippen molar-refractivity contribution in [1.82, 2.24) is 10.2 Å². The third kappa shape index (κ3) is 3.74. The molecule has 0 aliphatic rings. The number of hydrogen-bond acceptors (Lipinski definition) is 6. The first-order valence-corrected chi connectivity index (χ1v) is 9.25. The van der Waals surface area contributed by atoms with Gasteiger partial charge in [-0.1, -0.05) is 34.9 Å². The van der Waals surface area contributed by atoms with Gasteiger partial charge < -0.3 is 4.42 Å². The molecule has 0 fully saturated rings. The van der Waals surface area contributed by atoms with Gasteiger partial charge in [-0.2, -0.15) is 0 Å². The molecule has 25 heavy (non-hydrogen) atoms. The monoisotopic (exact) mass is 357 g/mol. The van der Waals surface area contributed by atoms with E-state index in [-0.39, 0.29) is 22.4 Å². The molecule has 0 spiro atoms. The summed E-state index contributed by atoms with van der Waals surface area (Å²) in [7, 11) is -3.46. The summed E-state index contributed by atoms with van der Waals surface area (Å²) in [5.41, 5.74) is 1.69. The van der Waals surface area contributed by atoms with E-state index in [1.807, 2.05) is 13.0 Å². The van der Waals surface area contributed by atoms with Gasteiger partial charge in [0.1, 0.15) is 0 Å². The van der Waals surface area contributed by atoms with Crippen LogP contribution in [-0.4, -0.2) is 30.8 Å². The Kier molecular flexibility index (Phi) is 4.37. The molecule has 0 bridgehead atoms. The Labute approximate surface area is 144 Å². The van der Waals surface area contributed by atoms with Gasteiger partial charge in [0.05, 0.1) is 10.5 Å². The van der Waals surface area contributed by atoms with Crippen LogP contribution < -0.4 is 5.32 Å². The molecule has 1 amide bonds. The highest BCUT2D eigenvalue weighted by atomic mass is 32.2. The lowest BCUT2D eigenvalue weighted by molar-refractivity contribution is 0.102. The SMILES string of the molecule is Cc1cccc(C(=O)Nc2nnc(-c3ccccc3S(C)(=O)=O)o2)c1. The largest absolute Gasteiger partial charge is 0.403 e. The summed E-state index contributed by atoms with van der Waals surface area (Å²) < 4.78 is 29.1. The van der Waals surface area contributed by atoms with Crippen LogP contribution in [0.1, 0.15) is 15.9 Å². The van der Waals surface area contributed by atoms with E-state index in [9.17, 15) is 13.2 Å². The molecule has 1 aromatic heterocycles. The molecule has 3 rings (SSSR count). The van der Waals surface area contributed by atoms with Crippen molar-refractivity contribution in [2.24, 2.45) is 0 Å². The van der Waals surface area contributed by atoms with Gasteiger partial charge in [0.15, 0.2) is 9.84 Å². The van der Waals surface area contributed by atoms with Crippen molar-refractivity contribution >= 4 is 21.8 Å². The molecule has 1 N–H and O–H groups in total. The normalized spacial score (nSPS) is 11.3. The van der Waals surface area contributed by atoms with Gasteiger partial charge in [-0.05, 0) is 31.2 Å². The van der Waals surface area contributed by atoms with Gasteiger partial charge in [0.2, 0.25) is 0 Å². The van der Waals surface area contributed by atoms with E-state index in [1.54, 1.807) is 36.4 Å². The Morgan fingerprint density at radius 3 is 2.56 bits per heavy atom. The fourth-order valence-electron chi connectivity index (χ4n) is 2.30. The first-order valence-electron chi connectivity index (χ1n) is 7.35. The van der Waals surface area contributed by atoms with Crippen LogP contribution in [0.2, 0.25) is 0 Å². The van der Waals surface area contributed by atoms with Crippen molar-refractivity contribution in [2.45, 2.75) is 11.8 Å². The average molecular weight is 357 g/mol. The van der Waals surface area contributed by atoms with E-state index in [4.69, 9.17) is 4.42 Å². The number of carbonyl (C=O) groups is 1. The number of aromatic nitrogens is 2. The molecule has 0 aliphatic heterocycles. The predicted molar refractivity (Wildman–Crippen MR) is 92.0 cm³/mol. The summed E-state index contributed by atoms with van der Waals surface area (Å²) in [5, 5.41) is 10.1. The zero-order valence-corrected chi connectivity index (χ0v) is 14.4. The number of anilines is 1. The fourth-order valence-corrected chi connectivity index (χ4v) is 3.19. The fraction of sp³-hybridized carbons (Fsp3) is 0.118. The lowest BCUT2D eigenvalue weighted by atomic mass is 10.1. The lowest BCUT2D eigenvalue weighted by Crippen LogP contribution is -2.12. The molecule has 8 heteroatoms. The standard InChI is InChI=1S/C17H15N3O4S/c1-11-6-5-7-12(10-11)15(21)18-17-20-19-16(24-17)13-8-3-4-9-14(13)25(2,22)23/h3-10H,1-2H3,(H,18,20,21). The molecule has 0 radical (unpaired) electrons. The minimum absolute atomic E-state index is 0.0144. The lowest BCUT2D eigenvalue weighted by Gasteiger charge is -2.03. The predicted octanol–water partition coefficient (Wildman–Crippen LogP) is 2.70. The number of nitrogens with one attached hydrogen (secondary N) is 1. The first kappa shape index (κ1) is 16.8. The van der Waals surface area contributed by atoms with E-state index in [0.717, 1.165) is 11.8 Å². The van der Waals surface area contributed by atoms with Crippen molar-refractivity contribution < 1.29 is 17.6 Å². The molecule has 0 aliphatic carbocycles. The number of nitrogens with zero attached hydrogens (tertiary/aromatic N) is 2. The summed E-state index contributed by atoms with van der Waals surface area (Å²) in [4.78, 5) is 12.3. The second kappa shape index (κ2) is 6.48. The Morgan fingerprint density at radius 2 is 1.84 bits per heavy atom. The molecule has 1 heterocycles. The van der Waals surface area contributed by atoms with Gasteiger partial charge in [-0.3, -0.25) is 10.1 Å². The van der Waals surface area contributed by atoms with Crippen LogP contribution in [0.15, 0.2) is 57.8 Å². The van der Waals surface area contributed by atoms with Gasteiger partial charge in [-0.15, -0.1) is 5.10 Å². The number of benzene rings is 2. The van der Waals surface area contributed by atoms with Gasteiger partial charge in [0, 0.05) is 11.8 Å². The highest BCUT2D eigenvalue weighted by Gasteiger charge is 2.19. The van der Waals surface area contributed by atoms with Crippen LogP contribution in [0.3, 0.4) is 0 Å². The molecular weight excluding hydrogens is 342 g/mol. The first-order chi connectivity index (χ1) is 11.8. The van der Waals surface area contributed by atoms with Crippen LogP contribution in [-0.2, 0) is 9.84 Å². The maximum absolute atomic E-state index is 12.2. The quantitative estimate of drug-likeness (QED) is 0.770. The minimum atomic E-state index is -3.46. The van der Waals surface area contributed by atoms with Crippen LogP contribution >= 0.6 is 0 Å². The topological polar surface area (TPSA) is 102 Å². The van der Waals surface area contributed by atoms with Gasteiger partial charge >= 0.3 is 6.01 Å². The van der Waals surface area contributed by atoms with Crippen molar-refractivity contribution in [3.05, 3.63) is 59.7 Å². The number of hydrogen-bond donors (Lipinski definition) is 1. The summed E-state index contributed by atoms with van der Waals surface area (Å²) >= 11 is 0. The zero-order valence-electron chi connectivity index (χ0n) is 13.6. The molecule has 0 saturated heterocycles. The van der Waals surface area contributed by atoms with Crippen LogP contribution in [0, 0.1) is 6.92 Å². The number of carbonyl (C=O) groups excluding carboxylic acids is 1. The van der Waals surface area contributed by atoms with Crippen molar-refractivity contribution in [2.75, 3.05) is 11.6 Å². The number of sulfone groups is 1. The molecular formula is C17H15N3O4S. The van der Waals surface area contributed by atoms with Gasteiger partial charge in [0.25, 0.3) is 11.8 Å². The second-order valence-corrected chi connectivity index (χ2v) is 7.49. The molecule has 2 aromatic carbocycles.